The van der Waals surface area contributed by atoms with Crippen LogP contribution in [-0.2, 0) is 14.8 Å². The van der Waals surface area contributed by atoms with Crippen LogP contribution in [0.5, 0.6) is 0 Å². The number of halogens is 1. The SMILES string of the molecule is CCOC(=O)c1cnn(-c2cc(S(=O)(=O)NC)ccc2Cl)c1C1CC1. The second-order valence-corrected chi connectivity index (χ2v) is 7.96. The van der Waals surface area contributed by atoms with Crippen LogP contribution < -0.4 is 4.72 Å². The van der Waals surface area contributed by atoms with Crippen molar-refractivity contribution in [1.29, 1.82) is 0 Å². The van der Waals surface area contributed by atoms with Gasteiger partial charge in [0.2, 0.25) is 10.0 Å². The Labute approximate surface area is 151 Å². The molecule has 1 saturated carbocycles. The number of ether oxygens (including phenoxy) is 1. The van der Waals surface area contributed by atoms with Crippen LogP contribution in [0.4, 0.5) is 0 Å². The summed E-state index contributed by atoms with van der Waals surface area (Å²) in [4.78, 5) is 12.3. The molecule has 9 heteroatoms. The zero-order valence-corrected chi connectivity index (χ0v) is 15.4. The number of sulfonamides is 1. The molecule has 1 aliphatic rings. The van der Waals surface area contributed by atoms with Crippen LogP contribution in [-0.4, -0.2) is 37.8 Å². The van der Waals surface area contributed by atoms with Gasteiger partial charge in [0.1, 0.15) is 5.56 Å². The predicted molar refractivity (Wildman–Crippen MR) is 92.8 cm³/mol. The number of carbonyl (C=O) groups is 1. The largest absolute Gasteiger partial charge is 0.462 e. The molecular formula is C16H18ClN3O4S. The van der Waals surface area contributed by atoms with E-state index in [0.29, 0.717) is 22.0 Å². The summed E-state index contributed by atoms with van der Waals surface area (Å²) < 4.78 is 33.0. The van der Waals surface area contributed by atoms with Crippen LogP contribution in [0.1, 0.15) is 41.7 Å². The monoisotopic (exact) mass is 383 g/mol. The molecule has 0 radical (unpaired) electrons. The first-order chi connectivity index (χ1) is 11.9. The van der Waals surface area contributed by atoms with Crippen LogP contribution in [0, 0.1) is 0 Å². The van der Waals surface area contributed by atoms with Gasteiger partial charge in [-0.3, -0.25) is 0 Å². The molecule has 1 aliphatic carbocycles. The van der Waals surface area contributed by atoms with Gasteiger partial charge in [-0.25, -0.2) is 22.6 Å². The molecule has 2 aromatic rings. The Morgan fingerprint density at radius 1 is 1.44 bits per heavy atom. The number of aromatic nitrogens is 2. The van der Waals surface area contributed by atoms with Crippen molar-refractivity contribution in [2.75, 3.05) is 13.7 Å². The molecule has 0 saturated heterocycles. The van der Waals surface area contributed by atoms with E-state index in [0.717, 1.165) is 12.8 Å². The quantitative estimate of drug-likeness (QED) is 0.774. The van der Waals surface area contributed by atoms with Crippen molar-refractivity contribution in [3.63, 3.8) is 0 Å². The fourth-order valence-corrected chi connectivity index (χ4v) is 3.55. The number of hydrogen-bond acceptors (Lipinski definition) is 5. The molecule has 0 atom stereocenters. The number of benzene rings is 1. The van der Waals surface area contributed by atoms with E-state index in [1.54, 1.807) is 11.6 Å². The van der Waals surface area contributed by atoms with Gasteiger partial charge >= 0.3 is 5.97 Å². The molecule has 0 aliphatic heterocycles. The zero-order valence-electron chi connectivity index (χ0n) is 13.8. The summed E-state index contributed by atoms with van der Waals surface area (Å²) in [6.45, 7) is 2.01. The highest BCUT2D eigenvalue weighted by molar-refractivity contribution is 7.89. The van der Waals surface area contributed by atoms with E-state index >= 15 is 0 Å². The van der Waals surface area contributed by atoms with Crippen molar-refractivity contribution in [2.45, 2.75) is 30.6 Å². The molecule has 1 fully saturated rings. The summed E-state index contributed by atoms with van der Waals surface area (Å²) >= 11 is 6.28. The van der Waals surface area contributed by atoms with Gasteiger partial charge in [0.15, 0.2) is 0 Å². The lowest BCUT2D eigenvalue weighted by atomic mass is 10.1. The molecule has 1 N–H and O–H groups in total. The fourth-order valence-electron chi connectivity index (χ4n) is 2.61. The predicted octanol–water partition coefficient (Wildman–Crippen LogP) is 2.49. The van der Waals surface area contributed by atoms with E-state index < -0.39 is 16.0 Å². The molecule has 0 amide bonds. The summed E-state index contributed by atoms with van der Waals surface area (Å²) in [7, 11) is -2.28. The van der Waals surface area contributed by atoms with Gasteiger partial charge in [-0.1, -0.05) is 11.6 Å². The molecule has 1 aromatic heterocycles. The first-order valence-electron chi connectivity index (χ1n) is 7.87. The summed E-state index contributed by atoms with van der Waals surface area (Å²) in [6, 6.07) is 4.37. The van der Waals surface area contributed by atoms with E-state index in [1.807, 2.05) is 0 Å². The summed E-state index contributed by atoms with van der Waals surface area (Å²) in [6.07, 6.45) is 3.32. The maximum atomic E-state index is 12.2. The van der Waals surface area contributed by atoms with E-state index in [1.165, 1.54) is 31.4 Å². The number of hydrogen-bond donors (Lipinski definition) is 1. The van der Waals surface area contributed by atoms with E-state index in [-0.39, 0.29) is 17.4 Å². The molecule has 0 bridgehead atoms. The Morgan fingerprint density at radius 3 is 2.76 bits per heavy atom. The first kappa shape index (κ1) is 17.9. The average Bonchev–Trinajstić information content (AvgIpc) is 3.33. The standard InChI is InChI=1S/C16H18ClN3O4S/c1-3-24-16(21)12-9-19-20(15(12)10-4-5-10)14-8-11(6-7-13(14)17)25(22,23)18-2/h6-10,18H,3-5H2,1-2H3. The van der Waals surface area contributed by atoms with Gasteiger partial charge in [0, 0.05) is 5.92 Å². The van der Waals surface area contributed by atoms with Gasteiger partial charge in [-0.15, -0.1) is 0 Å². The number of nitrogens with zero attached hydrogens (tertiary/aromatic N) is 2. The van der Waals surface area contributed by atoms with Crippen LogP contribution in [0.3, 0.4) is 0 Å². The Hall–Kier alpha value is -1.90. The normalized spacial score (nSPS) is 14.5. The van der Waals surface area contributed by atoms with Gasteiger partial charge in [0.25, 0.3) is 0 Å². The minimum absolute atomic E-state index is 0.0735. The molecule has 134 valence electrons. The molecule has 3 rings (SSSR count). The lowest BCUT2D eigenvalue weighted by Gasteiger charge is -2.12. The third kappa shape index (κ3) is 3.42. The summed E-state index contributed by atoms with van der Waals surface area (Å²) in [5.41, 5.74) is 1.51. The smallest absolute Gasteiger partial charge is 0.341 e. The van der Waals surface area contributed by atoms with E-state index in [2.05, 4.69) is 9.82 Å². The minimum Gasteiger partial charge on any atom is -0.462 e. The summed E-state index contributed by atoms with van der Waals surface area (Å²) in [5, 5.41) is 4.62. The Morgan fingerprint density at radius 2 is 2.16 bits per heavy atom. The molecule has 7 nitrogen and oxygen atoms in total. The highest BCUT2D eigenvalue weighted by Crippen LogP contribution is 2.43. The van der Waals surface area contributed by atoms with Crippen molar-refractivity contribution in [2.24, 2.45) is 0 Å². The van der Waals surface area contributed by atoms with E-state index in [4.69, 9.17) is 16.3 Å². The average molecular weight is 384 g/mol. The Balaban J connectivity index is 2.14. The molecule has 1 heterocycles. The number of carbonyl (C=O) groups excluding carboxylic acids is 1. The molecular weight excluding hydrogens is 366 g/mol. The van der Waals surface area contributed by atoms with Crippen LogP contribution in [0.15, 0.2) is 29.3 Å². The molecule has 0 unspecified atom stereocenters. The van der Waals surface area contributed by atoms with Gasteiger partial charge in [0.05, 0.1) is 34.1 Å². The maximum Gasteiger partial charge on any atom is 0.341 e. The second-order valence-electron chi connectivity index (χ2n) is 5.67. The van der Waals surface area contributed by atoms with Crippen LogP contribution in [0.25, 0.3) is 5.69 Å². The van der Waals surface area contributed by atoms with Gasteiger partial charge in [-0.05, 0) is 45.0 Å². The minimum atomic E-state index is -3.62. The first-order valence-corrected chi connectivity index (χ1v) is 9.73. The number of nitrogens with one attached hydrogen (secondary N) is 1. The third-order valence-electron chi connectivity index (χ3n) is 3.99. The second kappa shape index (κ2) is 6.78. The van der Waals surface area contributed by atoms with Crippen molar-refractivity contribution in [1.82, 2.24) is 14.5 Å². The van der Waals surface area contributed by atoms with Crippen LogP contribution in [0.2, 0.25) is 5.02 Å². The third-order valence-corrected chi connectivity index (χ3v) is 5.72. The zero-order chi connectivity index (χ0) is 18.2. The lowest BCUT2D eigenvalue weighted by molar-refractivity contribution is 0.0525. The maximum absolute atomic E-state index is 12.2. The van der Waals surface area contributed by atoms with E-state index in [9.17, 15) is 13.2 Å². The van der Waals surface area contributed by atoms with Crippen LogP contribution >= 0.6 is 11.6 Å². The lowest BCUT2D eigenvalue weighted by Crippen LogP contribution is -2.19. The highest BCUT2D eigenvalue weighted by Gasteiger charge is 2.34. The Kier molecular flexibility index (Phi) is 4.86. The Bertz CT molecular complexity index is 919. The fraction of sp³-hybridized carbons (Fsp3) is 0.375. The van der Waals surface area contributed by atoms with Gasteiger partial charge in [-0.2, -0.15) is 5.10 Å². The molecule has 0 spiro atoms. The van der Waals surface area contributed by atoms with Crippen molar-refractivity contribution < 1.29 is 17.9 Å². The van der Waals surface area contributed by atoms with Crippen molar-refractivity contribution >= 4 is 27.6 Å². The topological polar surface area (TPSA) is 90.3 Å². The number of esters is 1. The highest BCUT2D eigenvalue weighted by atomic mass is 35.5. The van der Waals surface area contributed by atoms with Crippen molar-refractivity contribution in [3.05, 3.63) is 40.7 Å². The number of rotatable bonds is 6. The van der Waals surface area contributed by atoms with Crippen molar-refractivity contribution in [3.8, 4) is 5.69 Å². The molecule has 25 heavy (non-hydrogen) atoms. The molecule has 1 aromatic carbocycles. The van der Waals surface area contributed by atoms with Gasteiger partial charge < -0.3 is 4.74 Å². The summed E-state index contributed by atoms with van der Waals surface area (Å²) in [5.74, 6) is -0.256.